The maximum Gasteiger partial charge on any atom is 0.387 e. The van der Waals surface area contributed by atoms with Gasteiger partial charge in [0, 0.05) is 17.7 Å². The molecule has 0 aliphatic heterocycles. The van der Waals surface area contributed by atoms with E-state index in [0.29, 0.717) is 10.8 Å². The van der Waals surface area contributed by atoms with Gasteiger partial charge in [0.15, 0.2) is 11.6 Å². The van der Waals surface area contributed by atoms with Crippen LogP contribution in [0.5, 0.6) is 5.75 Å². The number of ether oxygens (including phenoxy) is 1. The van der Waals surface area contributed by atoms with Crippen LogP contribution in [-0.4, -0.2) is 22.3 Å². The zero-order valence-corrected chi connectivity index (χ0v) is 10.9. The molecule has 1 fully saturated rings. The Labute approximate surface area is 131 Å². The molecule has 1 heterocycles. The van der Waals surface area contributed by atoms with Gasteiger partial charge in [-0.25, -0.2) is 9.18 Å². The molecule has 1 N–H and O–H groups in total. The predicted octanol–water partition coefficient (Wildman–Crippen LogP) is 2.91. The Morgan fingerprint density at radius 2 is 2.09 bits per heavy atom. The summed E-state index contributed by atoms with van der Waals surface area (Å²) >= 11 is 0. The molecule has 3 rings (SSSR count). The van der Waals surface area contributed by atoms with E-state index in [1.54, 1.807) is 0 Å². The number of fused-ring (bicyclic) bond motifs is 1. The average Bonchev–Trinajstić information content (AvgIpc) is 2.94. The van der Waals surface area contributed by atoms with Crippen LogP contribution >= 0.6 is 0 Å². The van der Waals surface area contributed by atoms with Gasteiger partial charge in [-0.1, -0.05) is 0 Å². The van der Waals surface area contributed by atoms with Crippen LogP contribution in [0.1, 0.15) is 34.6 Å². The number of hydrogen-bond acceptors (Lipinski definition) is 3. The maximum absolute atomic E-state index is 14.1. The Hall–Kier alpha value is -2.58. The van der Waals surface area contributed by atoms with Gasteiger partial charge in [-0.2, -0.15) is 13.2 Å². The molecule has 1 aromatic carbocycles. The van der Waals surface area contributed by atoms with Crippen molar-refractivity contribution < 1.29 is 37.7 Å². The Bertz CT molecular complexity index is 1030. The lowest BCUT2D eigenvalue weighted by Crippen LogP contribution is -2.20. The highest BCUT2D eigenvalue weighted by Gasteiger charge is 2.31. The summed E-state index contributed by atoms with van der Waals surface area (Å²) in [6.45, 7) is -3.65. The van der Waals surface area contributed by atoms with Crippen molar-refractivity contribution in [2.24, 2.45) is 0 Å². The molecule has 1 aliphatic carbocycles. The number of aromatic carboxylic acids is 1. The molecule has 1 aliphatic rings. The van der Waals surface area contributed by atoms with Crippen LogP contribution in [-0.2, 0) is 0 Å². The Balaban J connectivity index is 2.50. The topological polar surface area (TPSA) is 68.5 Å². The number of carboxylic acids is 1. The van der Waals surface area contributed by atoms with E-state index < -0.39 is 70.6 Å². The highest BCUT2D eigenvalue weighted by Crippen LogP contribution is 2.40. The van der Waals surface area contributed by atoms with Gasteiger partial charge in [0.2, 0.25) is 11.2 Å². The van der Waals surface area contributed by atoms with E-state index in [4.69, 9.17) is 10.6 Å². The second kappa shape index (κ2) is 5.25. The number of nitrogens with zero attached hydrogens (tertiary/aromatic N) is 1. The maximum atomic E-state index is 14.1. The zero-order valence-electron chi connectivity index (χ0n) is 14.9. The molecule has 5 nitrogen and oxygen atoms in total. The smallest absolute Gasteiger partial charge is 0.387 e. The lowest BCUT2D eigenvalue weighted by Gasteiger charge is -2.16. The van der Waals surface area contributed by atoms with Crippen molar-refractivity contribution in [1.82, 2.24) is 4.57 Å². The second-order valence-corrected chi connectivity index (χ2v) is 4.55. The first kappa shape index (κ1) is 11.0. The summed E-state index contributed by atoms with van der Waals surface area (Å²) in [5.74, 6) is -6.95. The van der Waals surface area contributed by atoms with Gasteiger partial charge >= 0.3 is 12.6 Å². The normalized spacial score (nSPS) is 21.4. The summed E-state index contributed by atoms with van der Waals surface area (Å²) in [4.78, 5) is 23.6. The molecule has 0 bridgehead atoms. The summed E-state index contributed by atoms with van der Waals surface area (Å²) in [6.07, 6.45) is -4.70. The highest BCUT2D eigenvalue weighted by atomic mass is 19.3. The third-order valence-electron chi connectivity index (χ3n) is 3.15. The molecule has 9 heteroatoms. The van der Waals surface area contributed by atoms with Crippen LogP contribution < -0.4 is 10.2 Å². The molecule has 0 amide bonds. The highest BCUT2D eigenvalue weighted by molar-refractivity contribution is 5.94. The standard InChI is InChI=1S/C14H9F4NO4/c15-8-3-6-10(12(9(8)16)23-14(17)18)19(5-1-2-5)4-7(11(6)20)13(21)22/h3-5,14H,1-2H2,(H,21,22)/i1D2,2D2. The Morgan fingerprint density at radius 1 is 1.43 bits per heavy atom. The van der Waals surface area contributed by atoms with Gasteiger partial charge < -0.3 is 14.4 Å². The summed E-state index contributed by atoms with van der Waals surface area (Å²) in [5, 5.41) is 8.26. The molecular formula is C14H9F4NO4. The first-order valence-electron chi connectivity index (χ1n) is 8.07. The van der Waals surface area contributed by atoms with E-state index in [0.717, 1.165) is 0 Å². The monoisotopic (exact) mass is 335 g/mol. The summed E-state index contributed by atoms with van der Waals surface area (Å²) < 4.78 is 88.3. The minimum atomic E-state index is -3.65. The van der Waals surface area contributed by atoms with Gasteiger partial charge in [-0.05, 0) is 18.8 Å². The molecule has 0 unspecified atom stereocenters. The van der Waals surface area contributed by atoms with E-state index >= 15 is 0 Å². The van der Waals surface area contributed by atoms with Crippen molar-refractivity contribution in [3.8, 4) is 5.75 Å². The number of hydrogen-bond donors (Lipinski definition) is 1. The van der Waals surface area contributed by atoms with E-state index in [2.05, 4.69) is 4.74 Å². The molecule has 23 heavy (non-hydrogen) atoms. The van der Waals surface area contributed by atoms with Crippen LogP contribution in [0.4, 0.5) is 17.6 Å². The number of benzene rings is 1. The second-order valence-electron chi connectivity index (χ2n) is 4.55. The van der Waals surface area contributed by atoms with E-state index in [1.165, 1.54) is 0 Å². The first-order valence-corrected chi connectivity index (χ1v) is 6.07. The van der Waals surface area contributed by atoms with Gasteiger partial charge in [0.25, 0.3) is 0 Å². The molecule has 0 radical (unpaired) electrons. The van der Waals surface area contributed by atoms with Gasteiger partial charge in [0.05, 0.1) is 10.9 Å². The van der Waals surface area contributed by atoms with Crippen molar-refractivity contribution in [3.63, 3.8) is 0 Å². The van der Waals surface area contributed by atoms with Crippen LogP contribution in [0.15, 0.2) is 17.1 Å². The quantitative estimate of drug-likeness (QED) is 0.873. The molecule has 122 valence electrons. The number of halogens is 4. The number of carboxylic acid groups (broad SMARTS) is 1. The zero-order chi connectivity index (χ0) is 20.5. The number of pyridine rings is 1. The van der Waals surface area contributed by atoms with Gasteiger partial charge in [-0.3, -0.25) is 4.79 Å². The summed E-state index contributed by atoms with van der Waals surface area (Å²) in [5.41, 5.74) is -3.23. The van der Waals surface area contributed by atoms with Crippen LogP contribution in [0.3, 0.4) is 0 Å². The number of carbonyl (C=O) groups is 1. The van der Waals surface area contributed by atoms with E-state index in [-0.39, 0.29) is 6.07 Å². The third kappa shape index (κ3) is 2.51. The summed E-state index contributed by atoms with van der Waals surface area (Å²) in [6, 6.07) is -1.53. The fourth-order valence-electron chi connectivity index (χ4n) is 2.16. The fourth-order valence-corrected chi connectivity index (χ4v) is 2.16. The van der Waals surface area contributed by atoms with Gasteiger partial charge in [0.1, 0.15) is 5.56 Å². The minimum Gasteiger partial charge on any atom is -0.477 e. The van der Waals surface area contributed by atoms with Crippen LogP contribution in [0.25, 0.3) is 10.9 Å². The average molecular weight is 335 g/mol. The van der Waals surface area contributed by atoms with Crippen molar-refractivity contribution in [2.45, 2.75) is 25.4 Å². The Kier molecular flexibility index (Phi) is 2.52. The number of alkyl halides is 2. The lowest BCUT2D eigenvalue weighted by atomic mass is 10.1. The van der Waals surface area contributed by atoms with Crippen molar-refractivity contribution in [1.29, 1.82) is 0 Å². The first-order chi connectivity index (χ1) is 12.3. The number of aromatic nitrogens is 1. The molecule has 2 aromatic rings. The minimum absolute atomic E-state index is 0.266. The van der Waals surface area contributed by atoms with Crippen molar-refractivity contribution >= 4 is 16.9 Å². The fraction of sp³-hybridized carbons (Fsp3) is 0.286. The van der Waals surface area contributed by atoms with Crippen LogP contribution in [0.2, 0.25) is 0 Å². The van der Waals surface area contributed by atoms with E-state index in [1.807, 2.05) is 0 Å². The molecule has 1 saturated carbocycles. The van der Waals surface area contributed by atoms with Crippen LogP contribution in [0, 0.1) is 11.6 Å². The molecule has 1 aromatic heterocycles. The van der Waals surface area contributed by atoms with E-state index in [9.17, 15) is 27.2 Å². The largest absolute Gasteiger partial charge is 0.477 e. The molecule has 0 saturated heterocycles. The molecular weight excluding hydrogens is 322 g/mol. The molecule has 0 atom stereocenters. The predicted molar refractivity (Wildman–Crippen MR) is 70.0 cm³/mol. The summed E-state index contributed by atoms with van der Waals surface area (Å²) in [7, 11) is 0. The SMILES string of the molecule is [2H]C1([2H])C(n2cc(C(=O)O)c(=O)c3cc(F)c(F)c(OC(F)F)c32)C1([2H])[2H]. The Morgan fingerprint density at radius 3 is 2.61 bits per heavy atom. The van der Waals surface area contributed by atoms with Gasteiger partial charge in [-0.15, -0.1) is 0 Å². The van der Waals surface area contributed by atoms with Crippen molar-refractivity contribution in [2.75, 3.05) is 0 Å². The lowest BCUT2D eigenvalue weighted by molar-refractivity contribution is -0.0516. The third-order valence-corrected chi connectivity index (χ3v) is 3.15. The number of rotatable bonds is 4. The molecule has 0 spiro atoms. The van der Waals surface area contributed by atoms with Crippen molar-refractivity contribution in [3.05, 3.63) is 39.7 Å².